The number of carbonyl (C=O) groups excluding carboxylic acids is 1. The summed E-state index contributed by atoms with van der Waals surface area (Å²) < 4.78 is 14.7. The summed E-state index contributed by atoms with van der Waals surface area (Å²) >= 11 is 0. The van der Waals surface area contributed by atoms with Gasteiger partial charge in [0.1, 0.15) is 5.82 Å². The molecular weight excluding hydrogens is 245 g/mol. The lowest BCUT2D eigenvalue weighted by molar-refractivity contribution is 0.112. The van der Waals surface area contributed by atoms with Crippen molar-refractivity contribution in [2.24, 2.45) is 0 Å². The molecule has 0 bridgehead atoms. The Morgan fingerprint density at radius 3 is 2.89 bits per heavy atom. The number of carbonyl (C=O) groups is 1. The average Bonchev–Trinajstić information content (AvgIpc) is 2.80. The molecule has 0 radical (unpaired) electrons. The second-order valence-corrected chi connectivity index (χ2v) is 4.28. The third-order valence-electron chi connectivity index (χ3n) is 2.93. The third kappa shape index (κ3) is 1.99. The molecule has 94 valence electrons. The van der Waals surface area contributed by atoms with Gasteiger partial charge in [0.2, 0.25) is 0 Å². The number of benzene rings is 1. The summed E-state index contributed by atoms with van der Waals surface area (Å²) in [6.45, 7) is 1.83. The number of hydrogen-bond donors (Lipinski definition) is 0. The number of aryl methyl sites for hydroxylation is 1. The van der Waals surface area contributed by atoms with Gasteiger partial charge < -0.3 is 0 Å². The summed E-state index contributed by atoms with van der Waals surface area (Å²) in [5.74, 6) is 0.100. The summed E-state index contributed by atoms with van der Waals surface area (Å²) in [6, 6.07) is 7.87. The molecule has 0 aliphatic carbocycles. The van der Waals surface area contributed by atoms with Crippen LogP contribution in [-0.2, 0) is 0 Å². The van der Waals surface area contributed by atoms with E-state index in [1.54, 1.807) is 24.4 Å². The van der Waals surface area contributed by atoms with Crippen molar-refractivity contribution >= 4 is 11.9 Å². The lowest BCUT2D eigenvalue weighted by Crippen LogP contribution is -1.94. The first-order chi connectivity index (χ1) is 9.17. The molecule has 0 unspecified atom stereocenters. The highest BCUT2D eigenvalue weighted by Gasteiger charge is 2.09. The van der Waals surface area contributed by atoms with Crippen LogP contribution in [0.25, 0.3) is 17.0 Å². The Hall–Kier alpha value is -2.56. The quantitative estimate of drug-likeness (QED) is 0.661. The molecule has 0 saturated carbocycles. The van der Waals surface area contributed by atoms with Gasteiger partial charge in [-0.3, -0.25) is 4.79 Å². The number of pyridine rings is 1. The van der Waals surface area contributed by atoms with Gasteiger partial charge in [0.05, 0.1) is 0 Å². The summed E-state index contributed by atoms with van der Waals surface area (Å²) in [6.07, 6.45) is 2.39. The van der Waals surface area contributed by atoms with Crippen LogP contribution in [-0.4, -0.2) is 20.9 Å². The normalized spacial score (nSPS) is 10.8. The number of hydrogen-bond acceptors (Lipinski definition) is 3. The van der Waals surface area contributed by atoms with Crippen molar-refractivity contribution in [1.82, 2.24) is 14.6 Å². The third-order valence-corrected chi connectivity index (χ3v) is 2.93. The smallest absolute Gasteiger partial charge is 0.182 e. The van der Waals surface area contributed by atoms with E-state index in [2.05, 4.69) is 10.1 Å². The van der Waals surface area contributed by atoms with Gasteiger partial charge in [0.15, 0.2) is 17.8 Å². The molecule has 4 nitrogen and oxygen atoms in total. The minimum atomic E-state index is -0.332. The number of fused-ring (bicyclic) bond motifs is 1. The van der Waals surface area contributed by atoms with Crippen molar-refractivity contribution in [1.29, 1.82) is 0 Å². The van der Waals surface area contributed by atoms with E-state index in [1.165, 1.54) is 16.6 Å². The number of aromatic nitrogens is 3. The molecule has 0 atom stereocenters. The standard InChI is InChI=1S/C14H10FN3O/c1-9-5-13-16-14(10-3-2-4-12(15)6-10)17-18(13)7-11(9)8-19/h2-8H,1H3. The fourth-order valence-corrected chi connectivity index (χ4v) is 1.91. The monoisotopic (exact) mass is 255 g/mol. The highest BCUT2D eigenvalue weighted by Crippen LogP contribution is 2.18. The summed E-state index contributed by atoms with van der Waals surface area (Å²) in [5.41, 5.74) is 2.63. The Morgan fingerprint density at radius 2 is 2.16 bits per heavy atom. The molecule has 5 heteroatoms. The maximum Gasteiger partial charge on any atom is 0.182 e. The molecular formula is C14H10FN3O. The Bertz CT molecular complexity index is 779. The van der Waals surface area contributed by atoms with Crippen LogP contribution in [0.2, 0.25) is 0 Å². The fraction of sp³-hybridized carbons (Fsp3) is 0.0714. The summed E-state index contributed by atoms with van der Waals surface area (Å²) in [4.78, 5) is 15.2. The van der Waals surface area contributed by atoms with Gasteiger partial charge in [-0.15, -0.1) is 5.10 Å². The molecule has 2 heterocycles. The first-order valence-corrected chi connectivity index (χ1v) is 5.75. The molecule has 0 spiro atoms. The van der Waals surface area contributed by atoms with Crippen molar-refractivity contribution in [3.05, 3.63) is 53.5 Å². The molecule has 0 saturated heterocycles. The minimum absolute atomic E-state index is 0.332. The maximum absolute atomic E-state index is 13.2. The zero-order valence-electron chi connectivity index (χ0n) is 10.2. The van der Waals surface area contributed by atoms with Crippen molar-refractivity contribution in [3.8, 4) is 11.4 Å². The van der Waals surface area contributed by atoms with Crippen molar-refractivity contribution in [2.45, 2.75) is 6.92 Å². The van der Waals surface area contributed by atoms with Gasteiger partial charge in [-0.2, -0.15) is 0 Å². The van der Waals surface area contributed by atoms with Crippen molar-refractivity contribution in [3.63, 3.8) is 0 Å². The molecule has 0 fully saturated rings. The molecule has 0 aliphatic rings. The first-order valence-electron chi connectivity index (χ1n) is 5.75. The fourth-order valence-electron chi connectivity index (χ4n) is 1.91. The van der Waals surface area contributed by atoms with Crippen molar-refractivity contribution in [2.75, 3.05) is 0 Å². The highest BCUT2D eigenvalue weighted by molar-refractivity contribution is 5.77. The molecule has 0 aliphatic heterocycles. The van der Waals surface area contributed by atoms with Crippen LogP contribution < -0.4 is 0 Å². The molecule has 2 aromatic heterocycles. The van der Waals surface area contributed by atoms with E-state index in [9.17, 15) is 9.18 Å². The van der Waals surface area contributed by atoms with Crippen molar-refractivity contribution < 1.29 is 9.18 Å². The van der Waals surface area contributed by atoms with Crippen LogP contribution in [0.5, 0.6) is 0 Å². The Morgan fingerprint density at radius 1 is 1.32 bits per heavy atom. The zero-order valence-corrected chi connectivity index (χ0v) is 10.2. The SMILES string of the molecule is Cc1cc2nc(-c3cccc(F)c3)nn2cc1C=O. The second-order valence-electron chi connectivity index (χ2n) is 4.28. The molecule has 1 aromatic carbocycles. The number of halogens is 1. The lowest BCUT2D eigenvalue weighted by Gasteiger charge is -1.97. The van der Waals surface area contributed by atoms with E-state index in [4.69, 9.17) is 0 Å². The molecule has 0 N–H and O–H groups in total. The first kappa shape index (κ1) is 11.5. The van der Waals surface area contributed by atoms with E-state index in [-0.39, 0.29) is 5.82 Å². The predicted molar refractivity (Wildman–Crippen MR) is 68.5 cm³/mol. The van der Waals surface area contributed by atoms with Gasteiger partial charge >= 0.3 is 0 Å². The average molecular weight is 255 g/mol. The van der Waals surface area contributed by atoms with Crippen LogP contribution in [0.3, 0.4) is 0 Å². The Balaban J connectivity index is 2.19. The summed E-state index contributed by atoms with van der Waals surface area (Å²) in [7, 11) is 0. The second kappa shape index (κ2) is 4.28. The van der Waals surface area contributed by atoms with Crippen LogP contribution in [0, 0.1) is 12.7 Å². The predicted octanol–water partition coefficient (Wildman–Crippen LogP) is 2.66. The van der Waals surface area contributed by atoms with Crippen LogP contribution in [0.1, 0.15) is 15.9 Å². The van der Waals surface area contributed by atoms with E-state index in [0.29, 0.717) is 22.6 Å². The van der Waals surface area contributed by atoms with Crippen LogP contribution in [0.15, 0.2) is 36.5 Å². The minimum Gasteiger partial charge on any atom is -0.298 e. The largest absolute Gasteiger partial charge is 0.298 e. The van der Waals surface area contributed by atoms with E-state index < -0.39 is 0 Å². The van der Waals surface area contributed by atoms with Crippen LogP contribution in [0.4, 0.5) is 4.39 Å². The van der Waals surface area contributed by atoms with Gasteiger partial charge in [0.25, 0.3) is 0 Å². The summed E-state index contributed by atoms with van der Waals surface area (Å²) in [5, 5.41) is 4.25. The molecule has 3 rings (SSSR count). The Kier molecular flexibility index (Phi) is 2.59. The Labute approximate surface area is 108 Å². The zero-order chi connectivity index (χ0) is 13.4. The number of nitrogens with zero attached hydrogens (tertiary/aromatic N) is 3. The van der Waals surface area contributed by atoms with Crippen LogP contribution >= 0.6 is 0 Å². The van der Waals surface area contributed by atoms with E-state index >= 15 is 0 Å². The number of rotatable bonds is 2. The molecule has 0 amide bonds. The van der Waals surface area contributed by atoms with Gasteiger partial charge in [-0.1, -0.05) is 12.1 Å². The molecule has 19 heavy (non-hydrogen) atoms. The van der Waals surface area contributed by atoms with E-state index in [1.807, 2.05) is 6.92 Å². The lowest BCUT2D eigenvalue weighted by atomic mass is 10.2. The topological polar surface area (TPSA) is 47.3 Å². The van der Waals surface area contributed by atoms with Gasteiger partial charge in [0, 0.05) is 17.3 Å². The molecule has 3 aromatic rings. The van der Waals surface area contributed by atoms with Gasteiger partial charge in [-0.05, 0) is 30.7 Å². The number of aldehydes is 1. The highest BCUT2D eigenvalue weighted by atomic mass is 19.1. The van der Waals surface area contributed by atoms with Gasteiger partial charge in [-0.25, -0.2) is 13.9 Å². The maximum atomic E-state index is 13.2. The van der Waals surface area contributed by atoms with E-state index in [0.717, 1.165) is 11.8 Å².